The second-order valence-corrected chi connectivity index (χ2v) is 6.27. The van der Waals surface area contributed by atoms with Gasteiger partial charge in [-0.15, -0.1) is 0 Å². The van der Waals surface area contributed by atoms with Crippen molar-refractivity contribution in [1.82, 2.24) is 0 Å². The van der Waals surface area contributed by atoms with Crippen molar-refractivity contribution in [2.45, 2.75) is 26.2 Å². The number of rotatable bonds is 10. The van der Waals surface area contributed by atoms with Crippen molar-refractivity contribution in [2.75, 3.05) is 13.2 Å². The van der Waals surface area contributed by atoms with Gasteiger partial charge in [-0.1, -0.05) is 36.4 Å². The van der Waals surface area contributed by atoms with Crippen LogP contribution in [0.25, 0.3) is 11.1 Å². The van der Waals surface area contributed by atoms with Gasteiger partial charge in [0.2, 0.25) is 0 Å². The zero-order valence-electron chi connectivity index (χ0n) is 15.9. The van der Waals surface area contributed by atoms with Crippen LogP contribution in [0.2, 0.25) is 0 Å². The first-order valence-corrected chi connectivity index (χ1v) is 9.01. The fourth-order valence-electron chi connectivity index (χ4n) is 2.56. The predicted octanol–water partition coefficient (Wildman–Crippen LogP) is 5.52. The van der Waals surface area contributed by atoms with E-state index >= 15 is 0 Å². The molecule has 29 heavy (non-hydrogen) atoms. The minimum atomic E-state index is -1.73. The van der Waals surface area contributed by atoms with Crippen LogP contribution in [0.3, 0.4) is 0 Å². The highest BCUT2D eigenvalue weighted by Gasteiger charge is 2.17. The van der Waals surface area contributed by atoms with E-state index in [-0.39, 0.29) is 49.5 Å². The molecule has 0 atom stereocenters. The Labute approximate surface area is 166 Å². The maximum Gasteiger partial charge on any atom is 0.311 e. The van der Waals surface area contributed by atoms with Gasteiger partial charge in [0.1, 0.15) is 13.2 Å². The Morgan fingerprint density at radius 2 is 1.76 bits per heavy atom. The molecule has 0 unspecified atom stereocenters. The topological polar surface area (TPSA) is 78.7 Å². The zero-order valence-corrected chi connectivity index (χ0v) is 15.9. The van der Waals surface area contributed by atoms with Gasteiger partial charge in [0, 0.05) is 12.5 Å². The summed E-state index contributed by atoms with van der Waals surface area (Å²) in [6.45, 7) is 1.16. The third-order valence-electron chi connectivity index (χ3n) is 4.12. The maximum atomic E-state index is 12.3. The van der Waals surface area contributed by atoms with Crippen molar-refractivity contribution in [3.05, 3.63) is 70.3 Å². The molecule has 0 fully saturated rings. The first-order chi connectivity index (χ1) is 13.9. The first kappa shape index (κ1) is 22.0. The number of hydrogen-bond donors (Lipinski definition) is 0. The molecule has 2 aromatic rings. The molecule has 0 N–H and O–H groups in total. The van der Waals surface area contributed by atoms with E-state index in [2.05, 4.69) is 0 Å². The van der Waals surface area contributed by atoms with Gasteiger partial charge in [0.15, 0.2) is 5.75 Å². The van der Waals surface area contributed by atoms with E-state index in [1.165, 1.54) is 19.1 Å². The fraction of sp³-hybridized carbons (Fsp3) is 0.286. The molecule has 0 saturated heterocycles. The molecule has 0 aromatic heterocycles. The molecule has 8 heteroatoms. The van der Waals surface area contributed by atoms with E-state index in [1.54, 1.807) is 6.07 Å². The van der Waals surface area contributed by atoms with Gasteiger partial charge < -0.3 is 9.47 Å². The van der Waals surface area contributed by atoms with E-state index in [0.717, 1.165) is 5.56 Å². The number of nitro groups is 1. The molecule has 2 rings (SSSR count). The Kier molecular flexibility index (Phi) is 8.27. The Balaban J connectivity index is 1.85. The Morgan fingerprint density at radius 1 is 1.03 bits per heavy atom. The van der Waals surface area contributed by atoms with Gasteiger partial charge in [-0.25, -0.2) is 0 Å². The molecule has 0 heterocycles. The van der Waals surface area contributed by atoms with Crippen LogP contribution in [0.4, 0.5) is 14.5 Å². The maximum absolute atomic E-state index is 12.3. The number of esters is 1. The van der Waals surface area contributed by atoms with Gasteiger partial charge in [0.25, 0.3) is 6.08 Å². The van der Waals surface area contributed by atoms with Gasteiger partial charge in [0.05, 0.1) is 4.92 Å². The van der Waals surface area contributed by atoms with Crippen LogP contribution >= 0.6 is 0 Å². The molecule has 0 spiro atoms. The number of ether oxygens (including phenoxy) is 2. The highest BCUT2D eigenvalue weighted by Crippen LogP contribution is 2.32. The van der Waals surface area contributed by atoms with Crippen molar-refractivity contribution in [2.24, 2.45) is 0 Å². The van der Waals surface area contributed by atoms with Crippen LogP contribution in [-0.4, -0.2) is 24.1 Å². The van der Waals surface area contributed by atoms with E-state index < -0.39 is 17.0 Å². The summed E-state index contributed by atoms with van der Waals surface area (Å²) in [7, 11) is 0. The van der Waals surface area contributed by atoms with Crippen molar-refractivity contribution in [3.63, 3.8) is 0 Å². The summed E-state index contributed by atoms with van der Waals surface area (Å²) >= 11 is 0. The Hall–Kier alpha value is -3.29. The van der Waals surface area contributed by atoms with Gasteiger partial charge in [-0.3, -0.25) is 14.9 Å². The largest absolute Gasteiger partial charge is 0.483 e. The summed E-state index contributed by atoms with van der Waals surface area (Å²) < 4.78 is 34.9. The van der Waals surface area contributed by atoms with Crippen LogP contribution < -0.4 is 4.74 Å². The van der Waals surface area contributed by atoms with E-state index in [0.29, 0.717) is 5.56 Å². The van der Waals surface area contributed by atoms with Crippen LogP contribution in [0, 0.1) is 10.1 Å². The van der Waals surface area contributed by atoms with Gasteiger partial charge in [-0.05, 0) is 42.5 Å². The number of carbonyl (C=O) groups excluding carboxylic acids is 1. The molecule has 0 aliphatic heterocycles. The highest BCUT2D eigenvalue weighted by atomic mass is 19.3. The highest BCUT2D eigenvalue weighted by molar-refractivity contribution is 5.69. The summed E-state index contributed by atoms with van der Waals surface area (Å²) in [6, 6.07) is 13.9. The predicted molar refractivity (Wildman–Crippen MR) is 104 cm³/mol. The van der Waals surface area contributed by atoms with Gasteiger partial charge >= 0.3 is 11.7 Å². The number of halogens is 2. The summed E-state index contributed by atoms with van der Waals surface area (Å²) in [6.07, 6.45) is -1.34. The number of hydrogen-bond acceptors (Lipinski definition) is 5. The van der Waals surface area contributed by atoms with Crippen LogP contribution in [0.5, 0.6) is 5.75 Å². The van der Waals surface area contributed by atoms with Crippen molar-refractivity contribution < 1.29 is 28.0 Å². The lowest BCUT2D eigenvalue weighted by Crippen LogP contribution is -2.12. The minimum absolute atomic E-state index is 0.0105. The zero-order chi connectivity index (χ0) is 21.2. The molecule has 154 valence electrons. The summed E-state index contributed by atoms with van der Waals surface area (Å²) in [5, 5.41) is 11.4. The number of nitro benzene ring substituents is 1. The molecule has 2 aromatic carbocycles. The molecule has 0 bridgehead atoms. The standard InChI is InChI=1S/C21H21F2NO5/c1-15(21(22)23)6-5-9-20(25)29-13-12-28-19-11-10-17(14-18(19)24(26)27)16-7-3-2-4-8-16/h2-4,7-8,10-11,14H,5-6,9,12-13H2,1H3. The molecule has 0 amide bonds. The van der Waals surface area contributed by atoms with E-state index in [9.17, 15) is 23.7 Å². The molecule has 0 saturated carbocycles. The second kappa shape index (κ2) is 10.9. The minimum Gasteiger partial charge on any atom is -0.483 e. The SMILES string of the molecule is CC(CCCC(=O)OCCOc1ccc(-c2ccccc2)cc1[N+](=O)[O-])=C(F)F. The summed E-state index contributed by atoms with van der Waals surface area (Å²) in [4.78, 5) is 22.4. The fourth-order valence-corrected chi connectivity index (χ4v) is 2.56. The van der Waals surface area contributed by atoms with Crippen molar-refractivity contribution in [1.29, 1.82) is 0 Å². The van der Waals surface area contributed by atoms with Crippen molar-refractivity contribution in [3.8, 4) is 16.9 Å². The monoisotopic (exact) mass is 405 g/mol. The van der Waals surface area contributed by atoms with Crippen LogP contribution in [0.15, 0.2) is 60.2 Å². The molecule has 6 nitrogen and oxygen atoms in total. The number of nitrogens with zero attached hydrogens (tertiary/aromatic N) is 1. The summed E-state index contributed by atoms with van der Waals surface area (Å²) in [5.41, 5.74) is 1.29. The van der Waals surface area contributed by atoms with Gasteiger partial charge in [-0.2, -0.15) is 8.78 Å². The van der Waals surface area contributed by atoms with E-state index in [1.807, 2.05) is 30.3 Å². The third-order valence-corrected chi connectivity index (χ3v) is 4.12. The second-order valence-electron chi connectivity index (χ2n) is 6.27. The Bertz CT molecular complexity index is 880. The molecule has 0 radical (unpaired) electrons. The average Bonchev–Trinajstić information content (AvgIpc) is 2.71. The summed E-state index contributed by atoms with van der Waals surface area (Å²) in [5.74, 6) is -0.459. The lowest BCUT2D eigenvalue weighted by atomic mass is 10.1. The number of allylic oxidation sites excluding steroid dienone is 1. The van der Waals surface area contributed by atoms with Crippen LogP contribution in [0.1, 0.15) is 26.2 Å². The van der Waals surface area contributed by atoms with E-state index in [4.69, 9.17) is 9.47 Å². The smallest absolute Gasteiger partial charge is 0.311 e. The first-order valence-electron chi connectivity index (χ1n) is 9.01. The lowest BCUT2D eigenvalue weighted by molar-refractivity contribution is -0.385. The average molecular weight is 405 g/mol. The lowest BCUT2D eigenvalue weighted by Gasteiger charge is -2.09. The number of benzene rings is 2. The van der Waals surface area contributed by atoms with Crippen LogP contribution in [-0.2, 0) is 9.53 Å². The number of carbonyl (C=O) groups is 1. The molecular formula is C21H21F2NO5. The normalized spacial score (nSPS) is 10.3. The molecule has 0 aliphatic rings. The van der Waals surface area contributed by atoms with Crippen molar-refractivity contribution >= 4 is 11.7 Å². The molecule has 0 aliphatic carbocycles. The quantitative estimate of drug-likeness (QED) is 0.225. The Morgan fingerprint density at radius 3 is 2.41 bits per heavy atom. The molecular weight excluding hydrogens is 384 g/mol. The third kappa shape index (κ3) is 6.99.